The van der Waals surface area contributed by atoms with Crippen LogP contribution in [0.1, 0.15) is 30.6 Å². The van der Waals surface area contributed by atoms with E-state index in [1.54, 1.807) is 24.1 Å². The summed E-state index contributed by atoms with van der Waals surface area (Å²) in [4.78, 5) is 25.5. The molecule has 1 aliphatic rings. The Morgan fingerprint density at radius 1 is 1.07 bits per heavy atom. The van der Waals surface area contributed by atoms with Gasteiger partial charge in [-0.2, -0.15) is 17.5 Å². The van der Waals surface area contributed by atoms with Gasteiger partial charge in [0.25, 0.3) is 5.91 Å². The van der Waals surface area contributed by atoms with Crippen molar-refractivity contribution in [3.8, 4) is 0 Å². The Labute approximate surface area is 167 Å². The van der Waals surface area contributed by atoms with Crippen LogP contribution < -0.4 is 5.32 Å². The molecule has 1 saturated heterocycles. The number of alkyl halides is 3. The number of sulfonamides is 1. The van der Waals surface area contributed by atoms with Gasteiger partial charge >= 0.3 is 6.18 Å². The third-order valence-corrected chi connectivity index (χ3v) is 6.38. The molecule has 0 bridgehead atoms. The molecule has 29 heavy (non-hydrogen) atoms. The molecule has 1 N–H and O–H groups in total. The number of nitrogens with one attached hydrogen (secondary N) is 1. The number of benzene rings is 1. The average Bonchev–Trinajstić information content (AvgIpc) is 2.91. The van der Waals surface area contributed by atoms with Gasteiger partial charge in [-0.05, 0) is 30.7 Å². The Bertz CT molecular complexity index is 839. The van der Waals surface area contributed by atoms with E-state index in [0.717, 1.165) is 0 Å². The Balaban J connectivity index is 2.07. The van der Waals surface area contributed by atoms with Crippen molar-refractivity contribution in [2.75, 3.05) is 32.7 Å². The zero-order valence-electron chi connectivity index (χ0n) is 16.2. The van der Waals surface area contributed by atoms with Crippen LogP contribution in [0.15, 0.2) is 29.2 Å². The molecule has 0 spiro atoms. The standard InChI is InChI=1S/C18H24F3N3O4S/c1-13(2)17(26)23-8-3-9-24(11-10-23)29(27,28)15-6-4-14(5-7-15)16(25)22-12-18(19,20)21/h4-7,13H,3,8-12H2,1-2H3,(H,22,25). The van der Waals surface area contributed by atoms with E-state index >= 15 is 0 Å². The van der Waals surface area contributed by atoms with E-state index in [1.165, 1.54) is 28.6 Å². The molecule has 0 unspecified atom stereocenters. The Morgan fingerprint density at radius 3 is 2.24 bits per heavy atom. The first kappa shape index (κ1) is 23.1. The van der Waals surface area contributed by atoms with Crippen LogP contribution in [0.3, 0.4) is 0 Å². The van der Waals surface area contributed by atoms with E-state index in [1.807, 2.05) is 0 Å². The highest BCUT2D eigenvalue weighted by molar-refractivity contribution is 7.89. The van der Waals surface area contributed by atoms with Crippen LogP contribution in [0.25, 0.3) is 0 Å². The molecule has 7 nitrogen and oxygen atoms in total. The summed E-state index contributed by atoms with van der Waals surface area (Å²) >= 11 is 0. The molecule has 0 saturated carbocycles. The van der Waals surface area contributed by atoms with E-state index in [9.17, 15) is 31.2 Å². The lowest BCUT2D eigenvalue weighted by atomic mass is 10.2. The van der Waals surface area contributed by atoms with E-state index in [4.69, 9.17) is 0 Å². The predicted octanol–water partition coefficient (Wildman–Crippen LogP) is 1.86. The molecule has 1 fully saturated rings. The van der Waals surface area contributed by atoms with Gasteiger partial charge in [0.05, 0.1) is 4.90 Å². The molecular weight excluding hydrogens is 411 g/mol. The molecule has 1 heterocycles. The number of carbonyl (C=O) groups excluding carboxylic acids is 2. The van der Waals surface area contributed by atoms with Gasteiger partial charge in [0.15, 0.2) is 0 Å². The Hall–Kier alpha value is -2.14. The summed E-state index contributed by atoms with van der Waals surface area (Å²) < 4.78 is 63.6. The molecule has 0 aromatic heterocycles. The number of halogens is 3. The third kappa shape index (κ3) is 6.17. The van der Waals surface area contributed by atoms with Crippen molar-refractivity contribution >= 4 is 21.8 Å². The van der Waals surface area contributed by atoms with Crippen LogP contribution in [-0.2, 0) is 14.8 Å². The predicted molar refractivity (Wildman–Crippen MR) is 99.6 cm³/mol. The van der Waals surface area contributed by atoms with Crippen LogP contribution >= 0.6 is 0 Å². The fourth-order valence-electron chi connectivity index (χ4n) is 2.93. The summed E-state index contributed by atoms with van der Waals surface area (Å²) in [5, 5.41) is 1.73. The summed E-state index contributed by atoms with van der Waals surface area (Å²) in [6.45, 7) is 3.26. The van der Waals surface area contributed by atoms with Crippen LogP contribution in [0.5, 0.6) is 0 Å². The highest BCUT2D eigenvalue weighted by Gasteiger charge is 2.30. The van der Waals surface area contributed by atoms with Crippen LogP contribution in [0, 0.1) is 5.92 Å². The fourth-order valence-corrected chi connectivity index (χ4v) is 4.40. The van der Waals surface area contributed by atoms with E-state index in [-0.39, 0.29) is 41.9 Å². The van der Waals surface area contributed by atoms with Crippen molar-refractivity contribution in [2.24, 2.45) is 5.92 Å². The number of carbonyl (C=O) groups is 2. The SMILES string of the molecule is CC(C)C(=O)N1CCCN(S(=O)(=O)c2ccc(C(=O)NCC(F)(F)F)cc2)CC1. The smallest absolute Gasteiger partial charge is 0.343 e. The van der Waals surface area contributed by atoms with Gasteiger partial charge in [-0.15, -0.1) is 0 Å². The van der Waals surface area contributed by atoms with Crippen LogP contribution in [0.2, 0.25) is 0 Å². The average molecular weight is 435 g/mol. The maximum Gasteiger partial charge on any atom is 0.405 e. The van der Waals surface area contributed by atoms with Gasteiger partial charge in [0.1, 0.15) is 6.54 Å². The van der Waals surface area contributed by atoms with E-state index in [2.05, 4.69) is 0 Å². The lowest BCUT2D eigenvalue weighted by molar-refractivity contribution is -0.134. The van der Waals surface area contributed by atoms with Crippen molar-refractivity contribution in [3.63, 3.8) is 0 Å². The van der Waals surface area contributed by atoms with Crippen molar-refractivity contribution in [1.29, 1.82) is 0 Å². The van der Waals surface area contributed by atoms with Gasteiger partial charge in [0, 0.05) is 37.7 Å². The normalized spacial score (nSPS) is 16.6. The van der Waals surface area contributed by atoms with E-state index in [0.29, 0.717) is 13.0 Å². The van der Waals surface area contributed by atoms with E-state index < -0.39 is 28.7 Å². The van der Waals surface area contributed by atoms with Crippen molar-refractivity contribution in [2.45, 2.75) is 31.3 Å². The zero-order chi connectivity index (χ0) is 21.8. The molecule has 0 radical (unpaired) electrons. The van der Waals surface area contributed by atoms with Gasteiger partial charge in [-0.25, -0.2) is 8.42 Å². The molecule has 1 aliphatic heterocycles. The molecule has 2 rings (SSSR count). The Morgan fingerprint density at radius 2 is 1.69 bits per heavy atom. The summed E-state index contributed by atoms with van der Waals surface area (Å²) in [5.74, 6) is -1.14. The number of rotatable bonds is 5. The second-order valence-electron chi connectivity index (χ2n) is 7.06. The lowest BCUT2D eigenvalue weighted by Gasteiger charge is -2.23. The highest BCUT2D eigenvalue weighted by atomic mass is 32.2. The number of hydrogen-bond donors (Lipinski definition) is 1. The second-order valence-corrected chi connectivity index (χ2v) is 9.00. The highest BCUT2D eigenvalue weighted by Crippen LogP contribution is 2.19. The van der Waals surface area contributed by atoms with Gasteiger partial charge in [-0.1, -0.05) is 13.8 Å². The third-order valence-electron chi connectivity index (χ3n) is 4.46. The van der Waals surface area contributed by atoms with Gasteiger partial charge in [-0.3, -0.25) is 9.59 Å². The van der Waals surface area contributed by atoms with Gasteiger partial charge < -0.3 is 10.2 Å². The zero-order valence-corrected chi connectivity index (χ0v) is 17.0. The molecule has 11 heteroatoms. The second kappa shape index (κ2) is 9.12. The lowest BCUT2D eigenvalue weighted by Crippen LogP contribution is -2.39. The van der Waals surface area contributed by atoms with Crippen molar-refractivity contribution < 1.29 is 31.2 Å². The topological polar surface area (TPSA) is 86.8 Å². The molecule has 162 valence electrons. The minimum Gasteiger partial charge on any atom is -0.343 e. The summed E-state index contributed by atoms with van der Waals surface area (Å²) in [7, 11) is -3.85. The number of hydrogen-bond acceptors (Lipinski definition) is 4. The van der Waals surface area contributed by atoms with Crippen LogP contribution in [0.4, 0.5) is 13.2 Å². The molecule has 1 aromatic carbocycles. The summed E-state index contributed by atoms with van der Waals surface area (Å²) in [5.41, 5.74) is -0.0715. The maximum absolute atomic E-state index is 12.9. The molecule has 1 aromatic rings. The Kier molecular flexibility index (Phi) is 7.28. The quantitative estimate of drug-likeness (QED) is 0.765. The molecule has 0 atom stereocenters. The molecule has 2 amide bonds. The summed E-state index contributed by atoms with van der Waals surface area (Å²) in [6, 6.07) is 4.73. The first-order chi connectivity index (χ1) is 13.4. The summed E-state index contributed by atoms with van der Waals surface area (Å²) in [6.07, 6.45) is -4.04. The minimum absolute atomic E-state index is 0.0292. The monoisotopic (exact) mass is 435 g/mol. The molecular formula is C18H24F3N3O4S. The molecule has 0 aliphatic carbocycles. The van der Waals surface area contributed by atoms with Crippen molar-refractivity contribution in [3.05, 3.63) is 29.8 Å². The number of amides is 2. The van der Waals surface area contributed by atoms with Crippen molar-refractivity contribution in [1.82, 2.24) is 14.5 Å². The van der Waals surface area contributed by atoms with Crippen LogP contribution in [-0.4, -0.2) is 68.3 Å². The fraction of sp³-hybridized carbons (Fsp3) is 0.556. The first-order valence-electron chi connectivity index (χ1n) is 9.16. The minimum atomic E-state index is -4.53. The first-order valence-corrected chi connectivity index (χ1v) is 10.6. The largest absolute Gasteiger partial charge is 0.405 e. The maximum atomic E-state index is 12.9. The number of nitrogens with zero attached hydrogens (tertiary/aromatic N) is 2. The van der Waals surface area contributed by atoms with Gasteiger partial charge in [0.2, 0.25) is 15.9 Å².